The standard InChI is InChI=1S/C11H20N4.ClH/c1-15(2)6-5-14-8-9-7-10(12)3-4-11(9)13;/h3-4,7,14H,5-6,8,12-13H2,1-2H3;1H. The summed E-state index contributed by atoms with van der Waals surface area (Å²) in [4.78, 5) is 2.13. The molecule has 1 rings (SSSR count). The van der Waals surface area contributed by atoms with Gasteiger partial charge in [0.2, 0.25) is 0 Å². The summed E-state index contributed by atoms with van der Waals surface area (Å²) in [6.45, 7) is 2.73. The molecule has 0 aliphatic carbocycles. The van der Waals surface area contributed by atoms with E-state index in [0.29, 0.717) is 0 Å². The van der Waals surface area contributed by atoms with E-state index in [2.05, 4.69) is 24.3 Å². The number of likely N-dealkylation sites (N-methyl/N-ethyl adjacent to an activating group) is 1. The summed E-state index contributed by atoms with van der Waals surface area (Å²) in [6.07, 6.45) is 0. The molecule has 92 valence electrons. The molecule has 0 bridgehead atoms. The number of nitrogens with two attached hydrogens (primary N) is 2. The number of nitrogens with zero attached hydrogens (tertiary/aromatic N) is 1. The Balaban J connectivity index is 0.00000225. The van der Waals surface area contributed by atoms with Crippen LogP contribution in [0.3, 0.4) is 0 Å². The van der Waals surface area contributed by atoms with Gasteiger partial charge >= 0.3 is 0 Å². The van der Waals surface area contributed by atoms with Crippen LogP contribution in [0.2, 0.25) is 0 Å². The Morgan fingerprint density at radius 2 is 1.94 bits per heavy atom. The summed E-state index contributed by atoms with van der Waals surface area (Å²) in [6, 6.07) is 5.58. The first-order valence-electron chi connectivity index (χ1n) is 5.09. The molecule has 1 aromatic rings. The Morgan fingerprint density at radius 1 is 1.25 bits per heavy atom. The zero-order valence-electron chi connectivity index (χ0n) is 9.86. The van der Waals surface area contributed by atoms with Crippen molar-refractivity contribution in [3.63, 3.8) is 0 Å². The molecule has 0 spiro atoms. The van der Waals surface area contributed by atoms with E-state index in [-0.39, 0.29) is 12.4 Å². The van der Waals surface area contributed by atoms with Crippen LogP contribution < -0.4 is 16.8 Å². The average Bonchev–Trinajstić information content (AvgIpc) is 2.17. The summed E-state index contributed by atoms with van der Waals surface area (Å²) in [7, 11) is 4.10. The first-order valence-corrected chi connectivity index (χ1v) is 5.09. The minimum Gasteiger partial charge on any atom is -0.399 e. The fraction of sp³-hybridized carbons (Fsp3) is 0.455. The molecule has 5 N–H and O–H groups in total. The first-order chi connectivity index (χ1) is 7.09. The molecule has 0 unspecified atom stereocenters. The number of benzene rings is 1. The quantitative estimate of drug-likeness (QED) is 0.533. The molecule has 0 aliphatic heterocycles. The van der Waals surface area contributed by atoms with Crippen molar-refractivity contribution in [3.05, 3.63) is 23.8 Å². The van der Waals surface area contributed by atoms with Crippen LogP contribution >= 0.6 is 12.4 Å². The summed E-state index contributed by atoms with van der Waals surface area (Å²) in [5.41, 5.74) is 14.1. The molecular formula is C11H21ClN4. The second-order valence-electron chi connectivity index (χ2n) is 3.94. The van der Waals surface area contributed by atoms with E-state index in [0.717, 1.165) is 36.6 Å². The van der Waals surface area contributed by atoms with Gasteiger partial charge in [0.25, 0.3) is 0 Å². The van der Waals surface area contributed by atoms with E-state index in [1.165, 1.54) is 0 Å². The second kappa shape index (κ2) is 7.33. The third kappa shape index (κ3) is 5.21. The molecule has 0 atom stereocenters. The minimum atomic E-state index is 0. The van der Waals surface area contributed by atoms with Crippen molar-refractivity contribution in [1.82, 2.24) is 10.2 Å². The zero-order chi connectivity index (χ0) is 11.3. The molecule has 0 aromatic heterocycles. The summed E-state index contributed by atoms with van der Waals surface area (Å²) in [5, 5.41) is 3.32. The van der Waals surface area contributed by atoms with Gasteiger partial charge in [-0.2, -0.15) is 0 Å². The van der Waals surface area contributed by atoms with Gasteiger partial charge in [0.15, 0.2) is 0 Å². The van der Waals surface area contributed by atoms with Crippen molar-refractivity contribution < 1.29 is 0 Å². The highest BCUT2D eigenvalue weighted by Gasteiger charge is 1.99. The zero-order valence-corrected chi connectivity index (χ0v) is 10.7. The molecule has 0 amide bonds. The van der Waals surface area contributed by atoms with E-state index in [1.54, 1.807) is 0 Å². The van der Waals surface area contributed by atoms with Crippen LogP contribution in [0, 0.1) is 0 Å². The van der Waals surface area contributed by atoms with Crippen molar-refractivity contribution in [3.8, 4) is 0 Å². The SMILES string of the molecule is CN(C)CCNCc1cc(N)ccc1N.Cl. The molecule has 0 saturated carbocycles. The molecule has 0 aliphatic rings. The van der Waals surface area contributed by atoms with Gasteiger partial charge in [-0.3, -0.25) is 0 Å². The number of hydrogen-bond acceptors (Lipinski definition) is 4. The Bertz CT molecular complexity index is 315. The lowest BCUT2D eigenvalue weighted by molar-refractivity contribution is 0.400. The van der Waals surface area contributed by atoms with Crippen molar-refractivity contribution in [2.45, 2.75) is 6.54 Å². The van der Waals surface area contributed by atoms with Crippen LogP contribution in [0.1, 0.15) is 5.56 Å². The summed E-state index contributed by atoms with van der Waals surface area (Å²) < 4.78 is 0. The normalized spacial score (nSPS) is 10.2. The minimum absolute atomic E-state index is 0. The van der Waals surface area contributed by atoms with Crippen molar-refractivity contribution in [2.24, 2.45) is 0 Å². The Morgan fingerprint density at radius 3 is 2.56 bits per heavy atom. The van der Waals surface area contributed by atoms with Gasteiger partial charge in [0.1, 0.15) is 0 Å². The van der Waals surface area contributed by atoms with Crippen molar-refractivity contribution >= 4 is 23.8 Å². The molecule has 1 aromatic carbocycles. The number of halogens is 1. The van der Waals surface area contributed by atoms with Gasteiger partial charge in [0.05, 0.1) is 0 Å². The van der Waals surface area contributed by atoms with E-state index in [9.17, 15) is 0 Å². The largest absolute Gasteiger partial charge is 0.399 e. The number of rotatable bonds is 5. The molecule has 0 radical (unpaired) electrons. The summed E-state index contributed by atoms with van der Waals surface area (Å²) in [5.74, 6) is 0. The predicted octanol–water partition coefficient (Wildman–Crippen LogP) is 0.924. The van der Waals surface area contributed by atoms with Gasteiger partial charge in [-0.25, -0.2) is 0 Å². The molecule has 4 nitrogen and oxygen atoms in total. The van der Waals surface area contributed by atoms with Crippen LogP contribution in [0.5, 0.6) is 0 Å². The molecule has 0 heterocycles. The fourth-order valence-electron chi connectivity index (χ4n) is 1.30. The molecule has 0 fully saturated rings. The van der Waals surface area contributed by atoms with E-state index >= 15 is 0 Å². The number of nitrogens with one attached hydrogen (secondary N) is 1. The lowest BCUT2D eigenvalue weighted by Crippen LogP contribution is -2.26. The highest BCUT2D eigenvalue weighted by atomic mass is 35.5. The smallest absolute Gasteiger partial charge is 0.0361 e. The van der Waals surface area contributed by atoms with E-state index in [4.69, 9.17) is 11.5 Å². The number of nitrogen functional groups attached to an aromatic ring is 2. The Kier molecular flexibility index (Phi) is 6.88. The van der Waals surface area contributed by atoms with Crippen molar-refractivity contribution in [1.29, 1.82) is 0 Å². The van der Waals surface area contributed by atoms with Gasteiger partial charge in [-0.15, -0.1) is 12.4 Å². The van der Waals surface area contributed by atoms with Gasteiger partial charge < -0.3 is 21.7 Å². The van der Waals surface area contributed by atoms with Gasteiger partial charge in [0, 0.05) is 31.0 Å². The van der Waals surface area contributed by atoms with Gasteiger partial charge in [-0.1, -0.05) is 0 Å². The maximum atomic E-state index is 5.83. The third-order valence-electron chi connectivity index (χ3n) is 2.22. The highest BCUT2D eigenvalue weighted by Crippen LogP contribution is 2.14. The van der Waals surface area contributed by atoms with E-state index in [1.807, 2.05) is 18.2 Å². The fourth-order valence-corrected chi connectivity index (χ4v) is 1.30. The van der Waals surface area contributed by atoms with Gasteiger partial charge in [-0.05, 0) is 37.9 Å². The van der Waals surface area contributed by atoms with Crippen LogP contribution in [-0.4, -0.2) is 32.1 Å². The Hall–Kier alpha value is -0.970. The molecular weight excluding hydrogens is 224 g/mol. The first kappa shape index (κ1) is 15.0. The van der Waals surface area contributed by atoms with Crippen LogP contribution in [-0.2, 0) is 6.54 Å². The maximum absolute atomic E-state index is 5.83. The Labute approximate surface area is 103 Å². The number of anilines is 2. The van der Waals surface area contributed by atoms with E-state index < -0.39 is 0 Å². The lowest BCUT2D eigenvalue weighted by Gasteiger charge is -2.11. The predicted molar refractivity (Wildman–Crippen MR) is 72.8 cm³/mol. The third-order valence-corrected chi connectivity index (χ3v) is 2.22. The van der Waals surface area contributed by atoms with Crippen LogP contribution in [0.15, 0.2) is 18.2 Å². The molecule has 0 saturated heterocycles. The molecule has 16 heavy (non-hydrogen) atoms. The van der Waals surface area contributed by atoms with Crippen LogP contribution in [0.4, 0.5) is 11.4 Å². The topological polar surface area (TPSA) is 67.3 Å². The number of hydrogen-bond donors (Lipinski definition) is 3. The monoisotopic (exact) mass is 244 g/mol. The maximum Gasteiger partial charge on any atom is 0.0361 e. The van der Waals surface area contributed by atoms with Crippen molar-refractivity contribution in [2.75, 3.05) is 38.7 Å². The lowest BCUT2D eigenvalue weighted by atomic mass is 10.1. The second-order valence-corrected chi connectivity index (χ2v) is 3.94. The average molecular weight is 245 g/mol. The molecule has 5 heteroatoms. The van der Waals surface area contributed by atoms with Crippen LogP contribution in [0.25, 0.3) is 0 Å². The summed E-state index contributed by atoms with van der Waals surface area (Å²) >= 11 is 0. The highest BCUT2D eigenvalue weighted by molar-refractivity contribution is 5.85.